The maximum atomic E-state index is 12.1. The molecule has 0 aliphatic carbocycles. The molecule has 0 radical (unpaired) electrons. The molecular weight excluding hydrogens is 462 g/mol. The third-order valence-corrected chi connectivity index (χ3v) is 5.85. The van der Waals surface area contributed by atoms with E-state index in [4.69, 9.17) is 16.3 Å². The molecule has 0 saturated heterocycles. The van der Waals surface area contributed by atoms with E-state index in [0.717, 1.165) is 17.0 Å². The van der Waals surface area contributed by atoms with Gasteiger partial charge in [0.1, 0.15) is 23.3 Å². The number of rotatable bonds is 9. The molecule has 0 amide bonds. The van der Waals surface area contributed by atoms with Crippen molar-refractivity contribution in [2.75, 3.05) is 18.1 Å². The summed E-state index contributed by atoms with van der Waals surface area (Å²) in [6.07, 6.45) is 0.906. The van der Waals surface area contributed by atoms with Gasteiger partial charge in [0.15, 0.2) is 5.00 Å². The Morgan fingerprint density at radius 3 is 2.42 bits per heavy atom. The highest BCUT2D eigenvalue weighted by molar-refractivity contribution is 7.17. The maximum Gasteiger partial charge on any atom is 0.349 e. The number of aliphatic hydroxyl groups is 1. The van der Waals surface area contributed by atoms with Crippen LogP contribution in [0.4, 0.5) is 16.4 Å². The van der Waals surface area contributed by atoms with Crippen molar-refractivity contribution in [2.24, 2.45) is 10.2 Å². The third kappa shape index (κ3) is 6.87. The van der Waals surface area contributed by atoms with Crippen LogP contribution in [0.3, 0.4) is 0 Å². The van der Waals surface area contributed by atoms with Gasteiger partial charge in [0.2, 0.25) is 0 Å². The molecular formula is C23H24ClN5O3S. The standard InChI is InChI=1S/C23H24ClN5O3S/c1-14(2)29(9-10-30)18-7-5-17(6-8-18)27-28-22-19(13-26)21(24)20(33-22)11-16(12-25)23(31)32-15(3)4/h5-8,11,14-15,30H,9-10H2,1-4H3/b16-11+,28-27+. The molecule has 0 fully saturated rings. The first-order valence-electron chi connectivity index (χ1n) is 10.2. The number of hydrogen-bond acceptors (Lipinski definition) is 9. The number of hydrogen-bond donors (Lipinski definition) is 1. The number of aliphatic hydroxyl groups excluding tert-OH is 1. The SMILES string of the molecule is CC(C)OC(=O)/C(C#N)=C/c1sc(/N=N/c2ccc(N(CCO)C(C)C)cc2)c(C#N)c1Cl. The fraction of sp³-hybridized carbons (Fsp3) is 0.348. The molecule has 0 bridgehead atoms. The number of esters is 1. The molecule has 0 unspecified atom stereocenters. The van der Waals surface area contributed by atoms with Crippen LogP contribution < -0.4 is 4.90 Å². The van der Waals surface area contributed by atoms with Crippen LogP contribution in [0.5, 0.6) is 0 Å². The second kappa shape index (κ2) is 12.1. The first-order chi connectivity index (χ1) is 15.7. The third-order valence-electron chi connectivity index (χ3n) is 4.33. The Morgan fingerprint density at radius 1 is 1.24 bits per heavy atom. The number of carbonyl (C=O) groups is 1. The van der Waals surface area contributed by atoms with Gasteiger partial charge in [0.05, 0.1) is 28.3 Å². The van der Waals surface area contributed by atoms with Crippen molar-refractivity contribution in [3.8, 4) is 12.1 Å². The van der Waals surface area contributed by atoms with Crippen LogP contribution in [0.15, 0.2) is 40.1 Å². The molecule has 33 heavy (non-hydrogen) atoms. The van der Waals surface area contributed by atoms with Crippen molar-refractivity contribution in [2.45, 2.75) is 39.8 Å². The molecule has 2 aromatic rings. The summed E-state index contributed by atoms with van der Waals surface area (Å²) in [6.45, 7) is 8.01. The summed E-state index contributed by atoms with van der Waals surface area (Å²) in [5, 5.41) is 36.7. The van der Waals surface area contributed by atoms with Crippen molar-refractivity contribution in [3.63, 3.8) is 0 Å². The van der Waals surface area contributed by atoms with Crippen LogP contribution in [-0.2, 0) is 9.53 Å². The molecule has 1 aromatic carbocycles. The summed E-state index contributed by atoms with van der Waals surface area (Å²) in [5.74, 6) is -0.768. The summed E-state index contributed by atoms with van der Waals surface area (Å²) >= 11 is 7.33. The molecule has 10 heteroatoms. The van der Waals surface area contributed by atoms with Crippen molar-refractivity contribution >= 4 is 51.4 Å². The van der Waals surface area contributed by atoms with Gasteiger partial charge in [-0.1, -0.05) is 11.6 Å². The number of benzene rings is 1. The minimum Gasteiger partial charge on any atom is -0.459 e. The minimum atomic E-state index is -0.768. The molecule has 0 aliphatic heterocycles. The van der Waals surface area contributed by atoms with Gasteiger partial charge < -0.3 is 14.7 Å². The summed E-state index contributed by atoms with van der Waals surface area (Å²) in [6, 6.07) is 11.3. The monoisotopic (exact) mass is 485 g/mol. The largest absolute Gasteiger partial charge is 0.459 e. The number of halogens is 1. The van der Waals surface area contributed by atoms with Gasteiger partial charge in [-0.15, -0.1) is 21.6 Å². The van der Waals surface area contributed by atoms with E-state index >= 15 is 0 Å². The van der Waals surface area contributed by atoms with Gasteiger partial charge in [-0.05, 0) is 58.0 Å². The number of carbonyl (C=O) groups excluding carboxylic acids is 1. The highest BCUT2D eigenvalue weighted by atomic mass is 35.5. The fourth-order valence-corrected chi connectivity index (χ4v) is 4.10. The van der Waals surface area contributed by atoms with E-state index in [1.807, 2.05) is 32.0 Å². The average molecular weight is 486 g/mol. The molecule has 0 spiro atoms. The summed E-state index contributed by atoms with van der Waals surface area (Å²) in [7, 11) is 0. The zero-order valence-corrected chi connectivity index (χ0v) is 20.3. The van der Waals surface area contributed by atoms with Crippen LogP contribution >= 0.6 is 22.9 Å². The van der Waals surface area contributed by atoms with E-state index in [1.165, 1.54) is 6.08 Å². The quantitative estimate of drug-likeness (QED) is 0.208. The van der Waals surface area contributed by atoms with Crippen LogP contribution in [0.2, 0.25) is 5.02 Å². The lowest BCUT2D eigenvalue weighted by molar-refractivity contribution is -0.142. The highest BCUT2D eigenvalue weighted by Gasteiger charge is 2.19. The van der Waals surface area contributed by atoms with Gasteiger partial charge in [0, 0.05) is 18.3 Å². The number of thiophene rings is 1. The van der Waals surface area contributed by atoms with Crippen LogP contribution in [0.25, 0.3) is 6.08 Å². The van der Waals surface area contributed by atoms with E-state index in [0.29, 0.717) is 17.1 Å². The number of nitrogens with zero attached hydrogens (tertiary/aromatic N) is 5. The molecule has 1 heterocycles. The highest BCUT2D eigenvalue weighted by Crippen LogP contribution is 2.40. The molecule has 172 valence electrons. The van der Waals surface area contributed by atoms with Crippen LogP contribution in [-0.4, -0.2) is 36.4 Å². The molecule has 0 saturated carbocycles. The van der Waals surface area contributed by atoms with Crippen molar-refractivity contribution < 1.29 is 14.6 Å². The number of ether oxygens (including phenoxy) is 1. The van der Waals surface area contributed by atoms with E-state index in [-0.39, 0.29) is 39.9 Å². The second-order valence-electron chi connectivity index (χ2n) is 7.42. The molecule has 2 rings (SSSR count). The molecule has 1 N–H and O–H groups in total. The predicted molar refractivity (Wildman–Crippen MR) is 129 cm³/mol. The Morgan fingerprint density at radius 2 is 1.91 bits per heavy atom. The van der Waals surface area contributed by atoms with Gasteiger partial charge in [-0.3, -0.25) is 0 Å². The first-order valence-corrected chi connectivity index (χ1v) is 11.4. The van der Waals surface area contributed by atoms with Crippen molar-refractivity contribution in [3.05, 3.63) is 45.3 Å². The lowest BCUT2D eigenvalue weighted by Crippen LogP contribution is -2.33. The van der Waals surface area contributed by atoms with E-state index < -0.39 is 5.97 Å². The molecule has 1 aromatic heterocycles. The van der Waals surface area contributed by atoms with Crippen molar-refractivity contribution in [1.82, 2.24) is 0 Å². The van der Waals surface area contributed by atoms with E-state index in [2.05, 4.69) is 15.1 Å². The van der Waals surface area contributed by atoms with E-state index in [9.17, 15) is 20.4 Å². The topological polar surface area (TPSA) is 122 Å². The maximum absolute atomic E-state index is 12.1. The summed E-state index contributed by atoms with van der Waals surface area (Å²) < 4.78 is 5.05. The molecule has 0 aliphatic rings. The number of azo groups is 1. The first kappa shape index (κ1) is 26.0. The lowest BCUT2D eigenvalue weighted by atomic mass is 10.2. The van der Waals surface area contributed by atoms with Gasteiger partial charge in [-0.25, -0.2) is 4.79 Å². The minimum absolute atomic E-state index is 0.0508. The summed E-state index contributed by atoms with van der Waals surface area (Å²) in [5.41, 5.74) is 1.39. The zero-order valence-electron chi connectivity index (χ0n) is 18.7. The van der Waals surface area contributed by atoms with Gasteiger partial charge in [0.25, 0.3) is 0 Å². The van der Waals surface area contributed by atoms with Crippen LogP contribution in [0, 0.1) is 22.7 Å². The smallest absolute Gasteiger partial charge is 0.349 e. The Labute approximate surface area is 202 Å². The number of nitriles is 2. The second-order valence-corrected chi connectivity index (χ2v) is 8.83. The lowest BCUT2D eigenvalue weighted by Gasteiger charge is -2.28. The normalized spacial score (nSPS) is 11.6. The Balaban J connectivity index is 2.32. The van der Waals surface area contributed by atoms with Gasteiger partial charge in [-0.2, -0.15) is 10.5 Å². The Bertz CT molecular complexity index is 1120. The predicted octanol–water partition coefficient (Wildman–Crippen LogP) is 5.75. The Hall–Kier alpha value is -3.24. The fourth-order valence-electron chi connectivity index (χ4n) is 2.83. The van der Waals surface area contributed by atoms with Crippen molar-refractivity contribution in [1.29, 1.82) is 10.5 Å². The van der Waals surface area contributed by atoms with Crippen LogP contribution in [0.1, 0.15) is 38.1 Å². The number of anilines is 1. The zero-order chi connectivity index (χ0) is 24.5. The molecule has 0 atom stereocenters. The Kier molecular flexibility index (Phi) is 9.56. The van der Waals surface area contributed by atoms with E-state index in [1.54, 1.807) is 32.0 Å². The average Bonchev–Trinajstić information content (AvgIpc) is 3.08. The van der Waals surface area contributed by atoms with Gasteiger partial charge >= 0.3 is 5.97 Å². The molecule has 8 nitrogen and oxygen atoms in total. The summed E-state index contributed by atoms with van der Waals surface area (Å²) in [4.78, 5) is 14.5.